The summed E-state index contributed by atoms with van der Waals surface area (Å²) >= 11 is 7.33. The van der Waals surface area contributed by atoms with Crippen LogP contribution in [0.15, 0.2) is 34.2 Å². The van der Waals surface area contributed by atoms with Crippen molar-refractivity contribution in [1.29, 1.82) is 0 Å². The minimum atomic E-state index is -0.213. The average molecular weight is 377 g/mol. The molecule has 2 aromatic heterocycles. The van der Waals surface area contributed by atoms with E-state index in [4.69, 9.17) is 11.6 Å². The second-order valence-corrected chi connectivity index (χ2v) is 7.14. The molecule has 3 rings (SSSR count). The first-order valence-electron chi connectivity index (χ1n) is 7.60. The number of hydrogen-bond acceptors (Lipinski definition) is 4. The smallest absolute Gasteiger partial charge is 0.278 e. The number of amides is 1. The number of aryl methyl sites for hydroxylation is 2. The molecular weight excluding hydrogens is 360 g/mol. The normalized spacial score (nSPS) is 11.0. The molecule has 0 bridgehead atoms. The van der Waals surface area contributed by atoms with Gasteiger partial charge >= 0.3 is 0 Å². The van der Waals surface area contributed by atoms with Gasteiger partial charge in [0.2, 0.25) is 5.91 Å². The zero-order valence-electron chi connectivity index (χ0n) is 14.0. The van der Waals surface area contributed by atoms with Gasteiger partial charge in [-0.25, -0.2) is 4.98 Å². The number of H-pyrrole nitrogens is 1. The van der Waals surface area contributed by atoms with Gasteiger partial charge in [-0.05, 0) is 37.6 Å². The number of nitrogens with zero attached hydrogens (tertiary/aromatic N) is 2. The van der Waals surface area contributed by atoms with Gasteiger partial charge < -0.3 is 10.3 Å². The number of nitrogens with one attached hydrogen (secondary N) is 2. The van der Waals surface area contributed by atoms with Gasteiger partial charge in [0.25, 0.3) is 5.56 Å². The molecule has 0 aliphatic rings. The van der Waals surface area contributed by atoms with Crippen LogP contribution >= 0.6 is 23.4 Å². The molecule has 2 N–H and O–H groups in total. The predicted octanol–water partition coefficient (Wildman–Crippen LogP) is 3.26. The summed E-state index contributed by atoms with van der Waals surface area (Å²) in [4.78, 5) is 32.0. The van der Waals surface area contributed by atoms with Gasteiger partial charge in [0.1, 0.15) is 5.52 Å². The zero-order valence-corrected chi connectivity index (χ0v) is 15.6. The Hall–Kier alpha value is -2.25. The highest BCUT2D eigenvalue weighted by molar-refractivity contribution is 7.99. The second-order valence-electron chi connectivity index (χ2n) is 5.79. The zero-order chi connectivity index (χ0) is 18.1. The van der Waals surface area contributed by atoms with E-state index in [2.05, 4.69) is 15.3 Å². The van der Waals surface area contributed by atoms with E-state index in [1.54, 1.807) is 19.2 Å². The summed E-state index contributed by atoms with van der Waals surface area (Å²) in [5.41, 5.74) is 3.37. The summed E-state index contributed by atoms with van der Waals surface area (Å²) in [6.07, 6.45) is 0. The van der Waals surface area contributed by atoms with Crippen LogP contribution in [0.1, 0.15) is 11.3 Å². The fraction of sp³-hybridized carbons (Fsp3) is 0.235. The van der Waals surface area contributed by atoms with Crippen LogP contribution in [0.25, 0.3) is 11.0 Å². The van der Waals surface area contributed by atoms with Gasteiger partial charge in [0.15, 0.2) is 5.16 Å². The molecule has 130 valence electrons. The highest BCUT2D eigenvalue weighted by atomic mass is 35.5. The quantitative estimate of drug-likeness (QED) is 0.541. The Morgan fingerprint density at radius 2 is 2.12 bits per heavy atom. The molecule has 1 amide bonds. The SMILES string of the molecule is Cc1ccc(NC(=O)CSc2nc3cc(C)[nH]c3c(=O)n2C)c(Cl)c1. The highest BCUT2D eigenvalue weighted by Gasteiger charge is 2.13. The Kier molecular flexibility index (Phi) is 4.87. The number of fused-ring (bicyclic) bond motifs is 1. The maximum atomic E-state index is 12.3. The molecule has 1 aromatic carbocycles. The third-order valence-corrected chi connectivity index (χ3v) is 5.03. The number of carbonyl (C=O) groups is 1. The largest absolute Gasteiger partial charge is 0.353 e. The highest BCUT2D eigenvalue weighted by Crippen LogP contribution is 2.23. The van der Waals surface area contributed by atoms with Crippen LogP contribution in [-0.2, 0) is 11.8 Å². The number of benzene rings is 1. The molecule has 0 saturated heterocycles. The minimum absolute atomic E-state index is 0.124. The van der Waals surface area contributed by atoms with Crippen LogP contribution in [0.3, 0.4) is 0 Å². The molecule has 0 unspecified atom stereocenters. The van der Waals surface area contributed by atoms with E-state index in [1.165, 1.54) is 16.3 Å². The Balaban J connectivity index is 1.75. The van der Waals surface area contributed by atoms with E-state index in [1.807, 2.05) is 26.0 Å². The van der Waals surface area contributed by atoms with E-state index in [-0.39, 0.29) is 17.2 Å². The lowest BCUT2D eigenvalue weighted by Gasteiger charge is -2.09. The van der Waals surface area contributed by atoms with Crippen LogP contribution in [-0.4, -0.2) is 26.2 Å². The maximum absolute atomic E-state index is 12.3. The first-order chi connectivity index (χ1) is 11.8. The number of thioether (sulfide) groups is 1. The van der Waals surface area contributed by atoms with Gasteiger partial charge in [0, 0.05) is 12.7 Å². The molecular formula is C17H17ClN4O2S. The molecule has 8 heteroatoms. The van der Waals surface area contributed by atoms with Crippen molar-refractivity contribution in [3.05, 3.63) is 50.9 Å². The summed E-state index contributed by atoms with van der Waals surface area (Å²) in [5, 5.41) is 3.75. The van der Waals surface area contributed by atoms with Crippen molar-refractivity contribution < 1.29 is 4.79 Å². The van der Waals surface area contributed by atoms with Crippen molar-refractivity contribution in [3.63, 3.8) is 0 Å². The number of aromatic amines is 1. The van der Waals surface area contributed by atoms with Crippen molar-refractivity contribution in [2.75, 3.05) is 11.1 Å². The Bertz CT molecular complexity index is 1030. The van der Waals surface area contributed by atoms with Crippen molar-refractivity contribution in [3.8, 4) is 0 Å². The first-order valence-corrected chi connectivity index (χ1v) is 8.96. The second kappa shape index (κ2) is 6.93. The van der Waals surface area contributed by atoms with Crippen LogP contribution in [0, 0.1) is 13.8 Å². The number of hydrogen-bond donors (Lipinski definition) is 2. The van der Waals surface area contributed by atoms with Crippen molar-refractivity contribution in [2.45, 2.75) is 19.0 Å². The van der Waals surface area contributed by atoms with Crippen LogP contribution in [0.4, 0.5) is 5.69 Å². The van der Waals surface area contributed by atoms with Crippen molar-refractivity contribution in [1.82, 2.24) is 14.5 Å². The molecule has 6 nitrogen and oxygen atoms in total. The third kappa shape index (κ3) is 3.72. The third-order valence-electron chi connectivity index (χ3n) is 3.68. The molecule has 0 fully saturated rings. The first kappa shape index (κ1) is 17.6. The van der Waals surface area contributed by atoms with Gasteiger partial charge in [0.05, 0.1) is 22.0 Å². The lowest BCUT2D eigenvalue weighted by atomic mass is 10.2. The molecule has 0 saturated carbocycles. The summed E-state index contributed by atoms with van der Waals surface area (Å²) < 4.78 is 1.44. The lowest BCUT2D eigenvalue weighted by Crippen LogP contribution is -2.21. The molecule has 0 aliphatic carbocycles. The van der Waals surface area contributed by atoms with E-state index in [9.17, 15) is 9.59 Å². The molecule has 0 spiro atoms. The molecule has 25 heavy (non-hydrogen) atoms. The summed E-state index contributed by atoms with van der Waals surface area (Å²) in [6, 6.07) is 7.25. The minimum Gasteiger partial charge on any atom is -0.353 e. The number of aromatic nitrogens is 3. The topological polar surface area (TPSA) is 79.8 Å². The van der Waals surface area contributed by atoms with E-state index in [0.29, 0.717) is 26.9 Å². The number of rotatable bonds is 4. The fourth-order valence-electron chi connectivity index (χ4n) is 2.43. The van der Waals surface area contributed by atoms with E-state index >= 15 is 0 Å². The molecule has 0 radical (unpaired) electrons. The van der Waals surface area contributed by atoms with Crippen LogP contribution in [0.5, 0.6) is 0 Å². The van der Waals surface area contributed by atoms with Gasteiger partial charge in [-0.2, -0.15) is 0 Å². The van der Waals surface area contributed by atoms with Crippen molar-refractivity contribution >= 4 is 46.0 Å². The maximum Gasteiger partial charge on any atom is 0.278 e. The van der Waals surface area contributed by atoms with Crippen LogP contribution < -0.4 is 10.9 Å². The van der Waals surface area contributed by atoms with Crippen molar-refractivity contribution in [2.24, 2.45) is 7.05 Å². The number of carbonyl (C=O) groups excluding carboxylic acids is 1. The Morgan fingerprint density at radius 1 is 1.36 bits per heavy atom. The number of anilines is 1. The summed E-state index contributed by atoms with van der Waals surface area (Å²) in [6.45, 7) is 3.80. The van der Waals surface area contributed by atoms with Gasteiger partial charge in [-0.15, -0.1) is 0 Å². The summed E-state index contributed by atoms with van der Waals surface area (Å²) in [5.74, 6) is -0.0882. The van der Waals surface area contributed by atoms with E-state index < -0.39 is 0 Å². The average Bonchev–Trinajstić information content (AvgIpc) is 2.93. The molecule has 2 heterocycles. The number of halogens is 1. The summed E-state index contributed by atoms with van der Waals surface area (Å²) in [7, 11) is 1.64. The van der Waals surface area contributed by atoms with Crippen LogP contribution in [0.2, 0.25) is 5.02 Å². The lowest BCUT2D eigenvalue weighted by molar-refractivity contribution is -0.113. The standard InChI is InChI=1S/C17H17ClN4O2S/c1-9-4-5-12(11(18)6-9)20-14(23)8-25-17-21-13-7-10(2)19-15(13)16(24)22(17)3/h4-7,19H,8H2,1-3H3,(H,20,23). The van der Waals surface area contributed by atoms with Gasteiger partial charge in [-0.3, -0.25) is 14.2 Å². The van der Waals surface area contributed by atoms with Gasteiger partial charge in [-0.1, -0.05) is 29.4 Å². The van der Waals surface area contributed by atoms with E-state index in [0.717, 1.165) is 11.3 Å². The predicted molar refractivity (Wildman–Crippen MR) is 102 cm³/mol. The monoisotopic (exact) mass is 376 g/mol. The Morgan fingerprint density at radius 3 is 2.84 bits per heavy atom. The molecule has 0 aliphatic heterocycles. The molecule has 0 atom stereocenters. The molecule has 3 aromatic rings. The fourth-order valence-corrected chi connectivity index (χ4v) is 3.48. The Labute approximate surface area is 153 Å².